The summed E-state index contributed by atoms with van der Waals surface area (Å²) in [5.74, 6) is 0.795. The van der Waals surface area contributed by atoms with Crippen LogP contribution in [0, 0.1) is 11.3 Å². The highest BCUT2D eigenvalue weighted by Gasteiger charge is 2.12. The maximum atomic E-state index is 8.44. The molecule has 0 fully saturated rings. The fourth-order valence-electron chi connectivity index (χ4n) is 1.71. The zero-order chi connectivity index (χ0) is 9.80. The third kappa shape index (κ3) is 1.64. The molecular weight excluding hydrogens is 176 g/mol. The topological polar surface area (TPSA) is 45.0 Å². The standard InChI is InChI=1S/C11H12N2O/c12-6-8-14-10-5-1-3-9-4-2-7-13-11(9)10/h1,3,5,13H,2,4,7-8H2. The van der Waals surface area contributed by atoms with E-state index in [-0.39, 0.29) is 6.61 Å². The first kappa shape index (κ1) is 8.89. The zero-order valence-electron chi connectivity index (χ0n) is 7.92. The van der Waals surface area contributed by atoms with Crippen LogP contribution in [-0.2, 0) is 6.42 Å². The van der Waals surface area contributed by atoms with Gasteiger partial charge in [0.05, 0.1) is 5.69 Å². The van der Waals surface area contributed by atoms with Crippen molar-refractivity contribution in [3.8, 4) is 11.8 Å². The molecule has 3 nitrogen and oxygen atoms in total. The lowest BCUT2D eigenvalue weighted by atomic mass is 10.0. The molecule has 72 valence electrons. The molecule has 0 radical (unpaired) electrons. The van der Waals surface area contributed by atoms with E-state index in [1.54, 1.807) is 0 Å². The smallest absolute Gasteiger partial charge is 0.174 e. The van der Waals surface area contributed by atoms with E-state index in [0.717, 1.165) is 30.8 Å². The molecule has 0 aromatic heterocycles. The van der Waals surface area contributed by atoms with Crippen LogP contribution in [0.5, 0.6) is 5.75 Å². The Bertz CT molecular complexity index is 368. The maximum Gasteiger partial charge on any atom is 0.174 e. The molecule has 1 N–H and O–H groups in total. The first-order chi connectivity index (χ1) is 6.92. The van der Waals surface area contributed by atoms with Crippen molar-refractivity contribution >= 4 is 5.69 Å². The van der Waals surface area contributed by atoms with E-state index in [9.17, 15) is 0 Å². The number of rotatable bonds is 2. The number of nitrogens with zero attached hydrogens (tertiary/aromatic N) is 1. The number of fused-ring (bicyclic) bond motifs is 1. The summed E-state index contributed by atoms with van der Waals surface area (Å²) < 4.78 is 5.33. The first-order valence-corrected chi connectivity index (χ1v) is 4.77. The van der Waals surface area contributed by atoms with Crippen molar-refractivity contribution in [2.75, 3.05) is 18.5 Å². The lowest BCUT2D eigenvalue weighted by molar-refractivity contribution is 0.369. The molecule has 1 aromatic rings. The Morgan fingerprint density at radius 2 is 2.43 bits per heavy atom. The van der Waals surface area contributed by atoms with Gasteiger partial charge in [-0.05, 0) is 24.5 Å². The number of para-hydroxylation sites is 1. The first-order valence-electron chi connectivity index (χ1n) is 4.77. The Morgan fingerprint density at radius 1 is 1.50 bits per heavy atom. The molecule has 1 heterocycles. The molecule has 2 rings (SSSR count). The zero-order valence-corrected chi connectivity index (χ0v) is 7.92. The van der Waals surface area contributed by atoms with E-state index in [1.165, 1.54) is 5.56 Å². The van der Waals surface area contributed by atoms with Crippen molar-refractivity contribution in [3.63, 3.8) is 0 Å². The Morgan fingerprint density at radius 3 is 3.29 bits per heavy atom. The van der Waals surface area contributed by atoms with E-state index in [4.69, 9.17) is 10.00 Å². The number of nitrogens with one attached hydrogen (secondary N) is 1. The predicted molar refractivity (Wildman–Crippen MR) is 54.4 cm³/mol. The van der Waals surface area contributed by atoms with Gasteiger partial charge in [-0.1, -0.05) is 12.1 Å². The largest absolute Gasteiger partial charge is 0.477 e. The molecule has 0 bridgehead atoms. The molecule has 0 aliphatic carbocycles. The lowest BCUT2D eigenvalue weighted by Crippen LogP contribution is -2.13. The van der Waals surface area contributed by atoms with Crippen molar-refractivity contribution in [1.82, 2.24) is 0 Å². The molecule has 0 atom stereocenters. The van der Waals surface area contributed by atoms with Crippen molar-refractivity contribution in [3.05, 3.63) is 23.8 Å². The summed E-state index contributed by atoms with van der Waals surface area (Å²) in [5, 5.41) is 11.7. The third-order valence-corrected chi connectivity index (χ3v) is 2.33. The van der Waals surface area contributed by atoms with Crippen LogP contribution in [0.3, 0.4) is 0 Å². The minimum Gasteiger partial charge on any atom is -0.477 e. The summed E-state index contributed by atoms with van der Waals surface area (Å²) in [4.78, 5) is 0. The second-order valence-corrected chi connectivity index (χ2v) is 3.27. The number of anilines is 1. The SMILES string of the molecule is N#CCOc1cccc2c1NCCC2. The van der Waals surface area contributed by atoms with Gasteiger partial charge in [0, 0.05) is 6.54 Å². The highest BCUT2D eigenvalue weighted by Crippen LogP contribution is 2.31. The number of hydrogen-bond acceptors (Lipinski definition) is 3. The molecule has 3 heteroatoms. The molecule has 1 aliphatic rings. The highest BCUT2D eigenvalue weighted by atomic mass is 16.5. The lowest BCUT2D eigenvalue weighted by Gasteiger charge is -2.20. The molecule has 0 unspecified atom stereocenters. The molecule has 0 amide bonds. The molecule has 1 aromatic carbocycles. The van der Waals surface area contributed by atoms with E-state index < -0.39 is 0 Å². The van der Waals surface area contributed by atoms with E-state index in [1.807, 2.05) is 18.2 Å². The van der Waals surface area contributed by atoms with Crippen LogP contribution in [0.25, 0.3) is 0 Å². The minimum absolute atomic E-state index is 0.109. The van der Waals surface area contributed by atoms with Crippen LogP contribution >= 0.6 is 0 Å². The van der Waals surface area contributed by atoms with E-state index in [2.05, 4.69) is 11.4 Å². The molecule has 0 spiro atoms. The van der Waals surface area contributed by atoms with Gasteiger partial charge in [-0.2, -0.15) is 5.26 Å². The second kappa shape index (κ2) is 4.01. The van der Waals surface area contributed by atoms with E-state index in [0.29, 0.717) is 0 Å². The van der Waals surface area contributed by atoms with Crippen molar-refractivity contribution in [2.45, 2.75) is 12.8 Å². The molecule has 1 aliphatic heterocycles. The molecule has 14 heavy (non-hydrogen) atoms. The van der Waals surface area contributed by atoms with Crippen LogP contribution in [0.2, 0.25) is 0 Å². The van der Waals surface area contributed by atoms with Crippen LogP contribution in [0.15, 0.2) is 18.2 Å². The molecular formula is C11H12N2O. The summed E-state index contributed by atoms with van der Waals surface area (Å²) in [6.45, 7) is 1.10. The summed E-state index contributed by atoms with van der Waals surface area (Å²) in [7, 11) is 0. The van der Waals surface area contributed by atoms with Gasteiger partial charge in [-0.15, -0.1) is 0 Å². The summed E-state index contributed by atoms with van der Waals surface area (Å²) in [5.41, 5.74) is 2.35. The number of hydrogen-bond donors (Lipinski definition) is 1. The van der Waals surface area contributed by atoms with Crippen LogP contribution < -0.4 is 10.1 Å². The highest BCUT2D eigenvalue weighted by molar-refractivity contribution is 5.63. The van der Waals surface area contributed by atoms with Gasteiger partial charge < -0.3 is 10.1 Å². The summed E-state index contributed by atoms with van der Waals surface area (Å²) in [6, 6.07) is 7.94. The number of benzene rings is 1. The number of nitriles is 1. The average molecular weight is 188 g/mol. The Balaban J connectivity index is 2.27. The second-order valence-electron chi connectivity index (χ2n) is 3.27. The Kier molecular flexibility index (Phi) is 2.55. The van der Waals surface area contributed by atoms with Crippen molar-refractivity contribution in [2.24, 2.45) is 0 Å². The van der Waals surface area contributed by atoms with Gasteiger partial charge in [0.15, 0.2) is 6.61 Å². The summed E-state index contributed by atoms with van der Waals surface area (Å²) in [6.07, 6.45) is 2.25. The monoisotopic (exact) mass is 188 g/mol. The maximum absolute atomic E-state index is 8.44. The van der Waals surface area contributed by atoms with Crippen molar-refractivity contribution in [1.29, 1.82) is 5.26 Å². The van der Waals surface area contributed by atoms with E-state index >= 15 is 0 Å². The third-order valence-electron chi connectivity index (χ3n) is 2.33. The van der Waals surface area contributed by atoms with Crippen molar-refractivity contribution < 1.29 is 4.74 Å². The van der Waals surface area contributed by atoms with Gasteiger partial charge in [-0.25, -0.2) is 0 Å². The van der Waals surface area contributed by atoms with Gasteiger partial charge in [0.25, 0.3) is 0 Å². The fourth-order valence-corrected chi connectivity index (χ4v) is 1.71. The fraction of sp³-hybridized carbons (Fsp3) is 0.364. The van der Waals surface area contributed by atoms with Crippen LogP contribution in [0.4, 0.5) is 5.69 Å². The van der Waals surface area contributed by atoms with Crippen LogP contribution in [0.1, 0.15) is 12.0 Å². The minimum atomic E-state index is 0.109. The normalized spacial score (nSPS) is 13.6. The molecule has 0 saturated carbocycles. The summed E-state index contributed by atoms with van der Waals surface area (Å²) >= 11 is 0. The quantitative estimate of drug-likeness (QED) is 0.771. The van der Waals surface area contributed by atoms with Gasteiger partial charge in [0.2, 0.25) is 0 Å². The molecule has 0 saturated heterocycles. The average Bonchev–Trinajstić information content (AvgIpc) is 2.26. The predicted octanol–water partition coefficient (Wildman–Crippen LogP) is 1.95. The Labute approximate surface area is 83.3 Å². The van der Waals surface area contributed by atoms with Gasteiger partial charge in [0.1, 0.15) is 11.8 Å². The van der Waals surface area contributed by atoms with Gasteiger partial charge in [-0.3, -0.25) is 0 Å². The van der Waals surface area contributed by atoms with Gasteiger partial charge >= 0.3 is 0 Å². The number of aryl methyl sites for hydroxylation is 1. The Hall–Kier alpha value is -1.69. The number of ether oxygens (including phenoxy) is 1. The van der Waals surface area contributed by atoms with Crippen LogP contribution in [-0.4, -0.2) is 13.2 Å².